The van der Waals surface area contributed by atoms with Crippen LogP contribution in [0.1, 0.15) is 24.2 Å². The summed E-state index contributed by atoms with van der Waals surface area (Å²) in [5.74, 6) is 2.32. The van der Waals surface area contributed by atoms with Crippen LogP contribution in [0, 0.1) is 0 Å². The average molecular weight is 383 g/mol. The van der Waals surface area contributed by atoms with Crippen LogP contribution < -0.4 is 4.74 Å². The molecule has 1 aromatic carbocycles. The van der Waals surface area contributed by atoms with Gasteiger partial charge in [0, 0.05) is 49.7 Å². The van der Waals surface area contributed by atoms with Gasteiger partial charge in [0.1, 0.15) is 5.75 Å². The zero-order valence-electron chi connectivity index (χ0n) is 16.3. The SMILES string of the molecule is CCc1nc(CN2CCN(C(=O)Cc3c[nH]c4ccc(OC)cc34)CC2)no1. The molecule has 8 heteroatoms. The summed E-state index contributed by atoms with van der Waals surface area (Å²) in [6, 6.07) is 5.86. The van der Waals surface area contributed by atoms with Gasteiger partial charge in [-0.15, -0.1) is 0 Å². The van der Waals surface area contributed by atoms with E-state index in [1.54, 1.807) is 7.11 Å². The highest BCUT2D eigenvalue weighted by atomic mass is 16.5. The number of H-pyrrole nitrogens is 1. The van der Waals surface area contributed by atoms with E-state index in [1.807, 2.05) is 36.2 Å². The minimum atomic E-state index is 0.149. The van der Waals surface area contributed by atoms with Crippen molar-refractivity contribution < 1.29 is 14.1 Å². The largest absolute Gasteiger partial charge is 0.497 e. The first kappa shape index (κ1) is 18.5. The van der Waals surface area contributed by atoms with Gasteiger partial charge in [0.05, 0.1) is 20.1 Å². The molecule has 1 aliphatic heterocycles. The van der Waals surface area contributed by atoms with Crippen LogP contribution in [0.4, 0.5) is 0 Å². The number of methoxy groups -OCH3 is 1. The molecular weight excluding hydrogens is 358 g/mol. The van der Waals surface area contributed by atoms with Gasteiger partial charge in [0.2, 0.25) is 11.8 Å². The van der Waals surface area contributed by atoms with E-state index in [0.717, 1.165) is 41.7 Å². The second kappa shape index (κ2) is 8.02. The third kappa shape index (κ3) is 3.87. The second-order valence-electron chi connectivity index (χ2n) is 7.02. The molecule has 1 fully saturated rings. The number of amides is 1. The molecule has 3 aromatic rings. The first-order valence-corrected chi connectivity index (χ1v) is 9.62. The molecule has 0 unspecified atom stereocenters. The maximum atomic E-state index is 12.8. The molecule has 2 aromatic heterocycles. The highest BCUT2D eigenvalue weighted by molar-refractivity contribution is 5.89. The van der Waals surface area contributed by atoms with E-state index in [2.05, 4.69) is 20.0 Å². The van der Waals surface area contributed by atoms with Crippen LogP contribution in [-0.4, -0.2) is 64.1 Å². The number of fused-ring (bicyclic) bond motifs is 1. The Kier molecular flexibility index (Phi) is 5.29. The number of hydrogen-bond acceptors (Lipinski definition) is 6. The molecule has 0 bridgehead atoms. The number of aromatic amines is 1. The van der Waals surface area contributed by atoms with E-state index in [0.29, 0.717) is 37.8 Å². The van der Waals surface area contributed by atoms with Gasteiger partial charge in [-0.25, -0.2) is 0 Å². The molecule has 1 amide bonds. The number of carbonyl (C=O) groups excluding carboxylic acids is 1. The summed E-state index contributed by atoms with van der Waals surface area (Å²) in [5.41, 5.74) is 2.01. The number of aromatic nitrogens is 3. The third-order valence-electron chi connectivity index (χ3n) is 5.22. The van der Waals surface area contributed by atoms with E-state index < -0.39 is 0 Å². The maximum absolute atomic E-state index is 12.8. The highest BCUT2D eigenvalue weighted by Crippen LogP contribution is 2.24. The molecule has 0 atom stereocenters. The van der Waals surface area contributed by atoms with Gasteiger partial charge in [0.25, 0.3) is 0 Å². The van der Waals surface area contributed by atoms with E-state index >= 15 is 0 Å². The first-order chi connectivity index (χ1) is 13.7. The first-order valence-electron chi connectivity index (χ1n) is 9.62. The molecule has 148 valence electrons. The van der Waals surface area contributed by atoms with Crippen LogP contribution in [0.3, 0.4) is 0 Å². The molecule has 0 aliphatic carbocycles. The normalized spacial score (nSPS) is 15.3. The lowest BCUT2D eigenvalue weighted by atomic mass is 10.1. The Morgan fingerprint density at radius 2 is 2.11 bits per heavy atom. The number of ether oxygens (including phenoxy) is 1. The predicted molar refractivity (Wildman–Crippen MR) is 104 cm³/mol. The third-order valence-corrected chi connectivity index (χ3v) is 5.22. The number of nitrogens with one attached hydrogen (secondary N) is 1. The molecule has 4 rings (SSSR count). The van der Waals surface area contributed by atoms with Gasteiger partial charge in [-0.05, 0) is 23.8 Å². The van der Waals surface area contributed by atoms with Crippen molar-refractivity contribution in [3.63, 3.8) is 0 Å². The number of hydrogen-bond donors (Lipinski definition) is 1. The zero-order valence-corrected chi connectivity index (χ0v) is 16.3. The fourth-order valence-electron chi connectivity index (χ4n) is 3.56. The van der Waals surface area contributed by atoms with Crippen molar-refractivity contribution in [2.24, 2.45) is 0 Å². The molecule has 28 heavy (non-hydrogen) atoms. The Morgan fingerprint density at radius 1 is 1.29 bits per heavy atom. The lowest BCUT2D eigenvalue weighted by Crippen LogP contribution is -2.48. The molecule has 1 saturated heterocycles. The van der Waals surface area contributed by atoms with E-state index in [1.165, 1.54) is 0 Å². The Hall–Kier alpha value is -2.87. The highest BCUT2D eigenvalue weighted by Gasteiger charge is 2.23. The van der Waals surface area contributed by atoms with Crippen LogP contribution in [0.5, 0.6) is 5.75 Å². The summed E-state index contributed by atoms with van der Waals surface area (Å²) in [7, 11) is 1.65. The number of nitrogens with zero attached hydrogens (tertiary/aromatic N) is 4. The predicted octanol–water partition coefficient (Wildman–Crippen LogP) is 2.01. The van der Waals surface area contributed by atoms with E-state index in [-0.39, 0.29) is 5.91 Å². The number of carbonyl (C=O) groups is 1. The lowest BCUT2D eigenvalue weighted by molar-refractivity contribution is -0.132. The summed E-state index contributed by atoms with van der Waals surface area (Å²) in [6.07, 6.45) is 3.05. The average Bonchev–Trinajstić information content (AvgIpc) is 3.35. The zero-order chi connectivity index (χ0) is 19.5. The fraction of sp³-hybridized carbons (Fsp3) is 0.450. The number of aryl methyl sites for hydroxylation is 1. The number of rotatable bonds is 6. The van der Waals surface area contributed by atoms with Crippen LogP contribution in [-0.2, 0) is 24.2 Å². The minimum absolute atomic E-state index is 0.149. The van der Waals surface area contributed by atoms with Gasteiger partial charge in [0.15, 0.2) is 5.82 Å². The fourth-order valence-corrected chi connectivity index (χ4v) is 3.56. The van der Waals surface area contributed by atoms with Crippen molar-refractivity contribution >= 4 is 16.8 Å². The summed E-state index contributed by atoms with van der Waals surface area (Å²) in [6.45, 7) is 5.69. The standard InChI is InChI=1S/C20H25N5O3/c1-3-19-22-18(23-28-19)13-24-6-8-25(9-7-24)20(26)10-14-12-21-17-5-4-15(27-2)11-16(14)17/h4-5,11-12,21H,3,6-10,13H2,1-2H3. The Bertz CT molecular complexity index is 956. The Morgan fingerprint density at radius 3 is 2.82 bits per heavy atom. The van der Waals surface area contributed by atoms with Crippen LogP contribution in [0.15, 0.2) is 28.9 Å². The Labute approximate surface area is 163 Å². The maximum Gasteiger partial charge on any atom is 0.227 e. The van der Waals surface area contributed by atoms with Gasteiger partial charge in [-0.1, -0.05) is 12.1 Å². The number of piperazine rings is 1. The van der Waals surface area contributed by atoms with Gasteiger partial charge < -0.3 is 19.1 Å². The minimum Gasteiger partial charge on any atom is -0.497 e. The molecule has 1 N–H and O–H groups in total. The summed E-state index contributed by atoms with van der Waals surface area (Å²) in [5, 5.41) is 5.04. The van der Waals surface area contributed by atoms with Crippen LogP contribution in [0.2, 0.25) is 0 Å². The van der Waals surface area contributed by atoms with Crippen molar-refractivity contribution in [1.82, 2.24) is 24.9 Å². The van der Waals surface area contributed by atoms with E-state index in [9.17, 15) is 4.79 Å². The summed E-state index contributed by atoms with van der Waals surface area (Å²) < 4.78 is 10.5. The molecule has 0 saturated carbocycles. The monoisotopic (exact) mass is 383 g/mol. The van der Waals surface area contributed by atoms with Gasteiger partial charge in [-0.2, -0.15) is 4.98 Å². The van der Waals surface area contributed by atoms with Crippen LogP contribution >= 0.6 is 0 Å². The quantitative estimate of drug-likeness (QED) is 0.701. The van der Waals surface area contributed by atoms with Crippen LogP contribution in [0.25, 0.3) is 10.9 Å². The molecule has 0 radical (unpaired) electrons. The Balaban J connectivity index is 1.34. The smallest absolute Gasteiger partial charge is 0.227 e. The second-order valence-corrected chi connectivity index (χ2v) is 7.02. The van der Waals surface area contributed by atoms with Crippen molar-refractivity contribution in [3.05, 3.63) is 41.7 Å². The number of benzene rings is 1. The molecule has 3 heterocycles. The van der Waals surface area contributed by atoms with E-state index in [4.69, 9.17) is 9.26 Å². The van der Waals surface area contributed by atoms with Gasteiger partial charge in [-0.3, -0.25) is 9.69 Å². The van der Waals surface area contributed by atoms with Crippen molar-refractivity contribution in [1.29, 1.82) is 0 Å². The summed E-state index contributed by atoms with van der Waals surface area (Å²) in [4.78, 5) is 24.6. The molecule has 8 nitrogen and oxygen atoms in total. The molecule has 0 spiro atoms. The summed E-state index contributed by atoms with van der Waals surface area (Å²) >= 11 is 0. The topological polar surface area (TPSA) is 87.5 Å². The van der Waals surface area contributed by atoms with Crippen molar-refractivity contribution in [3.8, 4) is 5.75 Å². The molecule has 1 aliphatic rings. The van der Waals surface area contributed by atoms with Crippen molar-refractivity contribution in [2.75, 3.05) is 33.3 Å². The van der Waals surface area contributed by atoms with Gasteiger partial charge >= 0.3 is 0 Å². The lowest BCUT2D eigenvalue weighted by Gasteiger charge is -2.34. The van der Waals surface area contributed by atoms with Crippen molar-refractivity contribution in [2.45, 2.75) is 26.3 Å². The molecular formula is C20H25N5O3.